The first-order chi connectivity index (χ1) is 15.3. The number of hydrogen-bond donors (Lipinski definition) is 1. The van der Waals surface area contributed by atoms with Crippen molar-refractivity contribution in [2.24, 2.45) is 5.92 Å². The average molecular weight is 444 g/mol. The van der Waals surface area contributed by atoms with Gasteiger partial charge in [-0.15, -0.1) is 0 Å². The van der Waals surface area contributed by atoms with Gasteiger partial charge in [-0.25, -0.2) is 9.97 Å². The molecular formula is C23H23F3N4O2. The van der Waals surface area contributed by atoms with Crippen molar-refractivity contribution in [2.75, 3.05) is 31.6 Å². The zero-order chi connectivity index (χ0) is 22.7. The van der Waals surface area contributed by atoms with Gasteiger partial charge < -0.3 is 15.0 Å². The van der Waals surface area contributed by atoms with Gasteiger partial charge in [-0.3, -0.25) is 4.79 Å². The minimum Gasteiger partial charge on any atom is -0.497 e. The highest BCUT2D eigenvalue weighted by Gasteiger charge is 2.33. The maximum atomic E-state index is 13.0. The first-order valence-corrected chi connectivity index (χ1v) is 10.4. The van der Waals surface area contributed by atoms with Gasteiger partial charge in [-0.1, -0.05) is 6.07 Å². The Labute approximate surface area is 183 Å². The van der Waals surface area contributed by atoms with Crippen molar-refractivity contribution in [3.05, 3.63) is 59.9 Å². The molecule has 6 nitrogen and oxygen atoms in total. The van der Waals surface area contributed by atoms with Crippen molar-refractivity contribution in [3.63, 3.8) is 0 Å². The number of rotatable bonds is 5. The van der Waals surface area contributed by atoms with Crippen molar-refractivity contribution in [2.45, 2.75) is 19.0 Å². The van der Waals surface area contributed by atoms with Crippen LogP contribution < -0.4 is 15.0 Å². The van der Waals surface area contributed by atoms with Crippen molar-refractivity contribution >= 4 is 22.6 Å². The number of hydrogen-bond acceptors (Lipinski definition) is 5. The number of piperidine rings is 1. The number of carbonyl (C=O) groups excluding carboxylic acids is 1. The summed E-state index contributed by atoms with van der Waals surface area (Å²) in [6.45, 7) is 1.96. The molecule has 0 atom stereocenters. The SMILES string of the molecule is COc1cccc(C(=O)NCC2CCN(c3nccc4nc(C(F)(F)F)ccc34)CC2)c1. The summed E-state index contributed by atoms with van der Waals surface area (Å²) in [5.74, 6) is 1.44. The first-order valence-electron chi connectivity index (χ1n) is 10.4. The molecule has 2 aromatic heterocycles. The molecule has 1 fully saturated rings. The molecule has 0 saturated carbocycles. The maximum Gasteiger partial charge on any atom is 0.433 e. The molecule has 1 saturated heterocycles. The Morgan fingerprint density at radius 1 is 1.19 bits per heavy atom. The fourth-order valence-electron chi connectivity index (χ4n) is 3.90. The Kier molecular flexibility index (Phi) is 6.16. The van der Waals surface area contributed by atoms with Crippen LogP contribution in [0.5, 0.6) is 5.75 Å². The zero-order valence-electron chi connectivity index (χ0n) is 17.5. The second-order valence-electron chi connectivity index (χ2n) is 7.77. The van der Waals surface area contributed by atoms with Gasteiger partial charge in [-0.2, -0.15) is 13.2 Å². The highest BCUT2D eigenvalue weighted by atomic mass is 19.4. The standard InChI is InChI=1S/C23H23F3N4O2/c1-32-17-4-2-3-16(13-17)22(31)28-14-15-8-11-30(12-9-15)21-18-5-6-20(23(24,25)26)29-19(18)7-10-27-21/h2-7,10,13,15H,8-9,11-12,14H2,1H3,(H,28,31). The van der Waals surface area contributed by atoms with Gasteiger partial charge in [0, 0.05) is 36.8 Å². The Morgan fingerprint density at radius 3 is 2.69 bits per heavy atom. The lowest BCUT2D eigenvalue weighted by atomic mass is 9.96. The summed E-state index contributed by atoms with van der Waals surface area (Å²) in [4.78, 5) is 22.6. The number of alkyl halides is 3. The van der Waals surface area contributed by atoms with Gasteiger partial charge in [0.15, 0.2) is 0 Å². The van der Waals surface area contributed by atoms with Crippen LogP contribution in [0.3, 0.4) is 0 Å². The molecule has 1 N–H and O–H groups in total. The van der Waals surface area contributed by atoms with Crippen LogP contribution in [0.2, 0.25) is 0 Å². The van der Waals surface area contributed by atoms with Crippen LogP contribution in [-0.4, -0.2) is 42.6 Å². The van der Waals surface area contributed by atoms with Crippen LogP contribution >= 0.6 is 0 Å². The van der Waals surface area contributed by atoms with E-state index >= 15 is 0 Å². The molecule has 32 heavy (non-hydrogen) atoms. The second-order valence-corrected chi connectivity index (χ2v) is 7.77. The Morgan fingerprint density at radius 2 is 1.97 bits per heavy atom. The fourth-order valence-corrected chi connectivity index (χ4v) is 3.90. The van der Waals surface area contributed by atoms with E-state index in [-0.39, 0.29) is 11.4 Å². The number of pyridine rings is 2. The van der Waals surface area contributed by atoms with E-state index in [2.05, 4.69) is 20.2 Å². The summed E-state index contributed by atoms with van der Waals surface area (Å²) in [6, 6.07) is 10.9. The number of halogens is 3. The van der Waals surface area contributed by atoms with E-state index < -0.39 is 11.9 Å². The second kappa shape index (κ2) is 9.02. The Bertz CT molecular complexity index is 1110. The lowest BCUT2D eigenvalue weighted by molar-refractivity contribution is -0.140. The van der Waals surface area contributed by atoms with Crippen molar-refractivity contribution in [1.29, 1.82) is 0 Å². The fraction of sp³-hybridized carbons (Fsp3) is 0.348. The summed E-state index contributed by atoms with van der Waals surface area (Å²) in [5.41, 5.74) is -0.0856. The molecule has 0 radical (unpaired) electrons. The minimum absolute atomic E-state index is 0.145. The molecule has 0 spiro atoms. The molecule has 3 heterocycles. The average Bonchev–Trinajstić information content (AvgIpc) is 2.81. The number of carbonyl (C=O) groups is 1. The summed E-state index contributed by atoms with van der Waals surface area (Å²) >= 11 is 0. The third kappa shape index (κ3) is 4.76. The highest BCUT2D eigenvalue weighted by Crippen LogP contribution is 2.32. The molecule has 0 bridgehead atoms. The number of fused-ring (bicyclic) bond motifs is 1. The molecule has 1 aromatic carbocycles. The van der Waals surface area contributed by atoms with E-state index in [0.717, 1.165) is 18.9 Å². The molecule has 1 aliphatic heterocycles. The number of benzene rings is 1. The molecule has 0 aliphatic carbocycles. The van der Waals surface area contributed by atoms with Crippen LogP contribution in [0.4, 0.5) is 19.0 Å². The van der Waals surface area contributed by atoms with E-state index in [1.54, 1.807) is 31.4 Å². The van der Waals surface area contributed by atoms with E-state index in [9.17, 15) is 18.0 Å². The van der Waals surface area contributed by atoms with Crippen molar-refractivity contribution in [3.8, 4) is 5.75 Å². The summed E-state index contributed by atoms with van der Waals surface area (Å²) in [7, 11) is 1.56. The zero-order valence-corrected chi connectivity index (χ0v) is 17.5. The van der Waals surface area contributed by atoms with Crippen LogP contribution in [0, 0.1) is 5.92 Å². The smallest absolute Gasteiger partial charge is 0.433 e. The number of aromatic nitrogens is 2. The normalized spacial score (nSPS) is 15.1. The van der Waals surface area contributed by atoms with Crippen LogP contribution in [0.1, 0.15) is 28.9 Å². The molecule has 0 unspecified atom stereocenters. The van der Waals surface area contributed by atoms with Gasteiger partial charge in [0.25, 0.3) is 5.91 Å². The van der Waals surface area contributed by atoms with Gasteiger partial charge in [0.1, 0.15) is 17.3 Å². The molecule has 1 aliphatic rings. The molecule has 1 amide bonds. The highest BCUT2D eigenvalue weighted by molar-refractivity contribution is 5.94. The van der Waals surface area contributed by atoms with Gasteiger partial charge in [0.2, 0.25) is 0 Å². The number of nitrogens with one attached hydrogen (secondary N) is 1. The third-order valence-electron chi connectivity index (χ3n) is 5.68. The van der Waals surface area contributed by atoms with E-state index in [4.69, 9.17) is 4.74 Å². The number of amides is 1. The van der Waals surface area contributed by atoms with E-state index in [1.165, 1.54) is 18.3 Å². The lowest BCUT2D eigenvalue weighted by Crippen LogP contribution is -2.39. The minimum atomic E-state index is -4.48. The number of methoxy groups -OCH3 is 1. The molecule has 4 rings (SSSR count). The van der Waals surface area contributed by atoms with Gasteiger partial charge in [-0.05, 0) is 55.2 Å². The predicted octanol–water partition coefficient (Wildman–Crippen LogP) is 4.30. The first kappa shape index (κ1) is 21.9. The van der Waals surface area contributed by atoms with E-state index in [1.807, 2.05) is 0 Å². The number of ether oxygens (including phenoxy) is 1. The van der Waals surface area contributed by atoms with Crippen molar-refractivity contribution < 1.29 is 22.7 Å². The topological polar surface area (TPSA) is 67.3 Å². The van der Waals surface area contributed by atoms with E-state index in [0.29, 0.717) is 48.1 Å². The monoisotopic (exact) mass is 444 g/mol. The third-order valence-corrected chi connectivity index (χ3v) is 5.68. The summed E-state index contributed by atoms with van der Waals surface area (Å²) < 4.78 is 44.1. The van der Waals surface area contributed by atoms with Crippen LogP contribution in [-0.2, 0) is 6.18 Å². The Balaban J connectivity index is 1.37. The molecule has 3 aromatic rings. The summed E-state index contributed by atoms with van der Waals surface area (Å²) in [6.07, 6.45) is -1.31. The van der Waals surface area contributed by atoms with Gasteiger partial charge in [0.05, 0.1) is 12.6 Å². The predicted molar refractivity (Wildman–Crippen MR) is 115 cm³/mol. The number of anilines is 1. The molecule has 168 valence electrons. The molecule has 9 heteroatoms. The quantitative estimate of drug-likeness (QED) is 0.636. The molecular weight excluding hydrogens is 421 g/mol. The maximum absolute atomic E-state index is 13.0. The van der Waals surface area contributed by atoms with Crippen LogP contribution in [0.25, 0.3) is 10.9 Å². The largest absolute Gasteiger partial charge is 0.497 e. The van der Waals surface area contributed by atoms with Gasteiger partial charge >= 0.3 is 6.18 Å². The Hall–Kier alpha value is -3.36. The number of nitrogens with zero attached hydrogens (tertiary/aromatic N) is 3. The summed E-state index contributed by atoms with van der Waals surface area (Å²) in [5, 5.41) is 3.58. The van der Waals surface area contributed by atoms with Crippen molar-refractivity contribution in [1.82, 2.24) is 15.3 Å². The lowest BCUT2D eigenvalue weighted by Gasteiger charge is -2.33. The van der Waals surface area contributed by atoms with Crippen LogP contribution in [0.15, 0.2) is 48.7 Å².